The SMILES string of the molecule is CC(=O)OC(C)C(C)Nc1ccccc1. The molecule has 0 heterocycles. The maximum absolute atomic E-state index is 10.8. The number of hydrogen-bond acceptors (Lipinski definition) is 3. The van der Waals surface area contributed by atoms with Gasteiger partial charge in [0.25, 0.3) is 0 Å². The molecule has 0 saturated heterocycles. The monoisotopic (exact) mass is 207 g/mol. The highest BCUT2D eigenvalue weighted by atomic mass is 16.5. The Bertz CT molecular complexity index is 311. The molecule has 1 aromatic carbocycles. The normalized spacial score (nSPS) is 14.1. The molecule has 1 aromatic rings. The molecule has 2 atom stereocenters. The van der Waals surface area contributed by atoms with E-state index < -0.39 is 0 Å². The first kappa shape index (κ1) is 11.6. The van der Waals surface area contributed by atoms with Crippen LogP contribution >= 0.6 is 0 Å². The number of ether oxygens (including phenoxy) is 1. The summed E-state index contributed by atoms with van der Waals surface area (Å²) >= 11 is 0. The Hall–Kier alpha value is -1.51. The van der Waals surface area contributed by atoms with E-state index in [4.69, 9.17) is 4.74 Å². The summed E-state index contributed by atoms with van der Waals surface area (Å²) in [4.78, 5) is 10.8. The van der Waals surface area contributed by atoms with Crippen LogP contribution in [0.25, 0.3) is 0 Å². The van der Waals surface area contributed by atoms with Gasteiger partial charge in [-0.05, 0) is 26.0 Å². The third-order valence-corrected chi connectivity index (χ3v) is 2.22. The predicted octanol–water partition coefficient (Wildman–Crippen LogP) is 2.44. The standard InChI is InChI=1S/C12H17NO2/c1-9(10(2)15-11(3)14)13-12-7-5-4-6-8-12/h4-10,13H,1-3H3. The van der Waals surface area contributed by atoms with E-state index in [0.717, 1.165) is 5.69 Å². The Morgan fingerprint density at radius 2 is 1.87 bits per heavy atom. The molecule has 0 saturated carbocycles. The van der Waals surface area contributed by atoms with Gasteiger partial charge in [0.2, 0.25) is 0 Å². The van der Waals surface area contributed by atoms with Gasteiger partial charge in [-0.3, -0.25) is 4.79 Å². The molecule has 0 aliphatic carbocycles. The molecular weight excluding hydrogens is 190 g/mol. The van der Waals surface area contributed by atoms with Gasteiger partial charge in [-0.15, -0.1) is 0 Å². The van der Waals surface area contributed by atoms with Crippen LogP contribution in [0, 0.1) is 0 Å². The van der Waals surface area contributed by atoms with Gasteiger partial charge in [0, 0.05) is 12.6 Å². The molecule has 15 heavy (non-hydrogen) atoms. The first-order valence-corrected chi connectivity index (χ1v) is 5.08. The topological polar surface area (TPSA) is 38.3 Å². The lowest BCUT2D eigenvalue weighted by atomic mass is 10.2. The van der Waals surface area contributed by atoms with Crippen molar-refractivity contribution in [2.24, 2.45) is 0 Å². The summed E-state index contributed by atoms with van der Waals surface area (Å²) < 4.78 is 5.08. The second-order valence-corrected chi connectivity index (χ2v) is 3.61. The van der Waals surface area contributed by atoms with Crippen LogP contribution in [-0.2, 0) is 9.53 Å². The van der Waals surface area contributed by atoms with Crippen molar-refractivity contribution in [3.63, 3.8) is 0 Å². The summed E-state index contributed by atoms with van der Waals surface area (Å²) in [5.74, 6) is -0.246. The molecule has 2 unspecified atom stereocenters. The molecule has 82 valence electrons. The van der Waals surface area contributed by atoms with Crippen LogP contribution in [0.4, 0.5) is 5.69 Å². The van der Waals surface area contributed by atoms with E-state index >= 15 is 0 Å². The molecule has 0 aliphatic heterocycles. The van der Waals surface area contributed by atoms with E-state index in [-0.39, 0.29) is 18.1 Å². The van der Waals surface area contributed by atoms with Crippen LogP contribution < -0.4 is 5.32 Å². The minimum absolute atomic E-state index is 0.0938. The van der Waals surface area contributed by atoms with Gasteiger partial charge in [-0.25, -0.2) is 0 Å². The maximum atomic E-state index is 10.8. The zero-order valence-electron chi connectivity index (χ0n) is 9.36. The Kier molecular flexibility index (Phi) is 4.16. The average molecular weight is 207 g/mol. The van der Waals surface area contributed by atoms with Crippen LogP contribution in [0.2, 0.25) is 0 Å². The Morgan fingerprint density at radius 3 is 2.40 bits per heavy atom. The molecule has 1 rings (SSSR count). The Labute approximate surface area is 90.4 Å². The molecule has 3 nitrogen and oxygen atoms in total. The van der Waals surface area contributed by atoms with E-state index in [0.29, 0.717) is 0 Å². The third-order valence-electron chi connectivity index (χ3n) is 2.22. The van der Waals surface area contributed by atoms with Crippen molar-refractivity contribution in [1.29, 1.82) is 0 Å². The Balaban J connectivity index is 2.48. The Morgan fingerprint density at radius 1 is 1.27 bits per heavy atom. The van der Waals surface area contributed by atoms with Crippen molar-refractivity contribution in [3.8, 4) is 0 Å². The highest BCUT2D eigenvalue weighted by molar-refractivity contribution is 5.66. The highest BCUT2D eigenvalue weighted by Gasteiger charge is 2.14. The zero-order chi connectivity index (χ0) is 11.3. The summed E-state index contributed by atoms with van der Waals surface area (Å²) in [5.41, 5.74) is 1.03. The summed E-state index contributed by atoms with van der Waals surface area (Å²) in [6, 6.07) is 9.95. The van der Waals surface area contributed by atoms with Crippen molar-refractivity contribution < 1.29 is 9.53 Å². The summed E-state index contributed by atoms with van der Waals surface area (Å²) in [6.07, 6.45) is -0.136. The van der Waals surface area contributed by atoms with Crippen LogP contribution in [0.3, 0.4) is 0 Å². The summed E-state index contributed by atoms with van der Waals surface area (Å²) in [6.45, 7) is 5.29. The largest absolute Gasteiger partial charge is 0.461 e. The van der Waals surface area contributed by atoms with E-state index in [2.05, 4.69) is 5.32 Å². The van der Waals surface area contributed by atoms with Gasteiger partial charge in [-0.1, -0.05) is 18.2 Å². The average Bonchev–Trinajstić information content (AvgIpc) is 2.18. The quantitative estimate of drug-likeness (QED) is 0.771. The minimum Gasteiger partial charge on any atom is -0.461 e. The van der Waals surface area contributed by atoms with Crippen molar-refractivity contribution in [2.75, 3.05) is 5.32 Å². The van der Waals surface area contributed by atoms with Gasteiger partial charge in [0.1, 0.15) is 6.10 Å². The van der Waals surface area contributed by atoms with Gasteiger partial charge >= 0.3 is 5.97 Å². The number of carbonyl (C=O) groups is 1. The van der Waals surface area contributed by atoms with Crippen molar-refractivity contribution in [1.82, 2.24) is 0 Å². The molecule has 0 bridgehead atoms. The number of benzene rings is 1. The number of anilines is 1. The molecular formula is C12H17NO2. The second-order valence-electron chi connectivity index (χ2n) is 3.61. The molecule has 0 amide bonds. The first-order chi connectivity index (χ1) is 7.09. The van der Waals surface area contributed by atoms with E-state index in [1.54, 1.807) is 0 Å². The van der Waals surface area contributed by atoms with E-state index in [1.807, 2.05) is 44.2 Å². The van der Waals surface area contributed by atoms with Gasteiger partial charge in [0.15, 0.2) is 0 Å². The van der Waals surface area contributed by atoms with Crippen LogP contribution in [0.1, 0.15) is 20.8 Å². The molecule has 0 fully saturated rings. The first-order valence-electron chi connectivity index (χ1n) is 5.08. The van der Waals surface area contributed by atoms with E-state index in [9.17, 15) is 4.79 Å². The highest BCUT2D eigenvalue weighted by Crippen LogP contribution is 2.10. The van der Waals surface area contributed by atoms with Gasteiger partial charge < -0.3 is 10.1 Å². The summed E-state index contributed by atoms with van der Waals surface area (Å²) in [7, 11) is 0. The van der Waals surface area contributed by atoms with Crippen LogP contribution in [-0.4, -0.2) is 18.1 Å². The molecule has 3 heteroatoms. The van der Waals surface area contributed by atoms with Gasteiger partial charge in [-0.2, -0.15) is 0 Å². The lowest BCUT2D eigenvalue weighted by Gasteiger charge is -2.21. The molecule has 1 N–H and O–H groups in total. The molecule has 0 aromatic heterocycles. The fourth-order valence-electron chi connectivity index (χ4n) is 1.28. The van der Waals surface area contributed by atoms with Crippen LogP contribution in [0.5, 0.6) is 0 Å². The predicted molar refractivity (Wildman–Crippen MR) is 60.8 cm³/mol. The number of hydrogen-bond donors (Lipinski definition) is 1. The van der Waals surface area contributed by atoms with E-state index in [1.165, 1.54) is 6.92 Å². The number of para-hydroxylation sites is 1. The second kappa shape index (κ2) is 5.39. The fraction of sp³-hybridized carbons (Fsp3) is 0.417. The smallest absolute Gasteiger partial charge is 0.302 e. The summed E-state index contributed by atoms with van der Waals surface area (Å²) in [5, 5.41) is 3.27. The lowest BCUT2D eigenvalue weighted by Crippen LogP contribution is -2.31. The molecule has 0 radical (unpaired) electrons. The number of nitrogens with one attached hydrogen (secondary N) is 1. The van der Waals surface area contributed by atoms with Crippen molar-refractivity contribution >= 4 is 11.7 Å². The van der Waals surface area contributed by atoms with Crippen LogP contribution in [0.15, 0.2) is 30.3 Å². The van der Waals surface area contributed by atoms with Crippen molar-refractivity contribution in [2.45, 2.75) is 32.9 Å². The maximum Gasteiger partial charge on any atom is 0.302 e. The molecule has 0 spiro atoms. The zero-order valence-corrected chi connectivity index (χ0v) is 9.36. The lowest BCUT2D eigenvalue weighted by molar-refractivity contribution is -0.145. The fourth-order valence-corrected chi connectivity index (χ4v) is 1.28. The van der Waals surface area contributed by atoms with Gasteiger partial charge in [0.05, 0.1) is 6.04 Å². The number of esters is 1. The van der Waals surface area contributed by atoms with Crippen molar-refractivity contribution in [3.05, 3.63) is 30.3 Å². The number of carbonyl (C=O) groups excluding carboxylic acids is 1. The number of rotatable bonds is 4. The minimum atomic E-state index is -0.246. The molecule has 0 aliphatic rings. The third kappa shape index (κ3) is 4.02.